The Morgan fingerprint density at radius 3 is 2.67 bits per heavy atom. The smallest absolute Gasteiger partial charge is 0.254 e. The van der Waals surface area contributed by atoms with Crippen LogP contribution in [0, 0.1) is 29.6 Å². The van der Waals surface area contributed by atoms with Crippen LogP contribution in [-0.2, 0) is 13.1 Å². The summed E-state index contributed by atoms with van der Waals surface area (Å²) in [5.74, 6) is 4.92. The van der Waals surface area contributed by atoms with Gasteiger partial charge in [0.05, 0.1) is 29.0 Å². The lowest BCUT2D eigenvalue weighted by Gasteiger charge is -2.52. The van der Waals surface area contributed by atoms with E-state index in [1.807, 2.05) is 30.5 Å². The standard InChI is InChI=1S/C38H39ClN8O2/c1-40-15-29-30(13-27(39)14-42-29)44-16-22(17-44)19-47-35-28(43-37(47)32-10-23-4-3-7-41-36(23)45(32)18-21-5-6-21)9-25(12-33(35)49-2)38(48)46-20-26-8-24-11-31(46)34(24)26/h3-4,7,9-10,12-15,21-22,24,26,31,34H,5-6,8,11,16-20H2,1-2H3/t24?,26?,31?,34-/m1/s1. The number of hydrogen-bond donors (Lipinski definition) is 0. The molecule has 5 fully saturated rings. The molecule has 3 saturated carbocycles. The highest BCUT2D eigenvalue weighted by Crippen LogP contribution is 2.61. The zero-order valence-corrected chi connectivity index (χ0v) is 28.6. The molecule has 11 heteroatoms. The lowest BCUT2D eigenvalue weighted by Crippen LogP contribution is -2.53. The van der Waals surface area contributed by atoms with Crippen molar-refractivity contribution in [3.63, 3.8) is 0 Å². The van der Waals surface area contributed by atoms with E-state index in [1.54, 1.807) is 26.6 Å². The minimum atomic E-state index is 0.109. The van der Waals surface area contributed by atoms with Gasteiger partial charge in [-0.1, -0.05) is 11.6 Å². The first-order chi connectivity index (χ1) is 24.0. The second-order valence-corrected chi connectivity index (χ2v) is 15.3. The molecule has 3 unspecified atom stereocenters. The molecule has 4 atom stereocenters. The fourth-order valence-electron chi connectivity index (χ4n) is 9.32. The van der Waals surface area contributed by atoms with Gasteiger partial charge in [-0.15, -0.1) is 0 Å². The minimum Gasteiger partial charge on any atom is -0.494 e. The quantitative estimate of drug-likeness (QED) is 0.173. The van der Waals surface area contributed by atoms with Crippen molar-refractivity contribution in [3.05, 3.63) is 65.1 Å². The number of halogens is 1. The van der Waals surface area contributed by atoms with E-state index in [0.29, 0.717) is 40.1 Å². The molecule has 0 radical (unpaired) electrons. The third-order valence-electron chi connectivity index (χ3n) is 11.9. The number of aromatic nitrogens is 5. The van der Waals surface area contributed by atoms with Crippen LogP contribution in [0.5, 0.6) is 5.75 Å². The zero-order valence-electron chi connectivity index (χ0n) is 27.8. The number of aliphatic imine (C=N–C) groups is 1. The Morgan fingerprint density at radius 2 is 1.90 bits per heavy atom. The van der Waals surface area contributed by atoms with Crippen LogP contribution in [0.15, 0.2) is 53.8 Å². The molecule has 0 bridgehead atoms. The van der Waals surface area contributed by atoms with E-state index in [4.69, 9.17) is 26.3 Å². The largest absolute Gasteiger partial charge is 0.494 e. The Kier molecular flexibility index (Phi) is 6.64. The Morgan fingerprint density at radius 1 is 1.04 bits per heavy atom. The monoisotopic (exact) mass is 674 g/mol. The minimum absolute atomic E-state index is 0.109. The maximum atomic E-state index is 14.1. The van der Waals surface area contributed by atoms with Crippen molar-refractivity contribution in [3.8, 4) is 17.3 Å². The molecule has 0 N–H and O–H groups in total. The summed E-state index contributed by atoms with van der Waals surface area (Å²) in [6, 6.07) is 12.7. The summed E-state index contributed by atoms with van der Waals surface area (Å²) in [5.41, 5.74) is 6.24. The fraction of sp³-hybridized carbons (Fsp3) is 0.447. The van der Waals surface area contributed by atoms with Crippen molar-refractivity contribution in [2.75, 3.05) is 38.7 Å². The van der Waals surface area contributed by atoms with E-state index in [1.165, 1.54) is 19.3 Å². The van der Waals surface area contributed by atoms with Crippen LogP contribution < -0.4 is 9.64 Å². The van der Waals surface area contributed by atoms with Crippen molar-refractivity contribution in [2.45, 2.75) is 44.8 Å². The van der Waals surface area contributed by atoms with Gasteiger partial charge in [0.2, 0.25) is 0 Å². The number of ether oxygens (including phenoxy) is 1. The van der Waals surface area contributed by atoms with Gasteiger partial charge in [-0.05, 0) is 85.8 Å². The van der Waals surface area contributed by atoms with Crippen LogP contribution in [0.4, 0.5) is 5.69 Å². The molecular formula is C38H39ClN8O2. The zero-order chi connectivity index (χ0) is 33.0. The third-order valence-corrected chi connectivity index (χ3v) is 12.1. The van der Waals surface area contributed by atoms with E-state index in [0.717, 1.165) is 95.9 Å². The number of hydrogen-bond acceptors (Lipinski definition) is 7. The lowest BCUT2D eigenvalue weighted by molar-refractivity contribution is -0.0204. The Bertz CT molecular complexity index is 2180. The highest BCUT2D eigenvalue weighted by molar-refractivity contribution is 6.30. The average Bonchev–Trinajstić information content (AvgIpc) is 3.73. The van der Waals surface area contributed by atoms with E-state index in [2.05, 4.69) is 41.0 Å². The van der Waals surface area contributed by atoms with Crippen molar-refractivity contribution in [2.24, 2.45) is 34.6 Å². The van der Waals surface area contributed by atoms with Crippen LogP contribution >= 0.6 is 11.6 Å². The summed E-state index contributed by atoms with van der Waals surface area (Å²) in [7, 11) is 3.46. The van der Waals surface area contributed by atoms with E-state index in [9.17, 15) is 4.79 Å². The second kappa shape index (κ2) is 11.0. The summed E-state index contributed by atoms with van der Waals surface area (Å²) in [4.78, 5) is 37.4. The van der Waals surface area contributed by atoms with Gasteiger partial charge in [-0.25, -0.2) is 9.97 Å². The van der Waals surface area contributed by atoms with Gasteiger partial charge in [0.25, 0.3) is 5.91 Å². The SMILES string of the molecule is CN=Cc1ncc(Cl)cc1N1CC(Cn2c(-c3cc4cccnc4n3CC3CC3)nc3cc(C(=O)N4CC5CC6CC4[C@H]65)cc(OC)c32)C1. The number of pyridine rings is 2. The fourth-order valence-corrected chi connectivity index (χ4v) is 9.47. The number of benzene rings is 1. The number of fused-ring (bicyclic) bond motifs is 2. The van der Waals surface area contributed by atoms with Gasteiger partial charge >= 0.3 is 0 Å². The van der Waals surface area contributed by atoms with Gasteiger partial charge in [-0.2, -0.15) is 0 Å². The highest BCUT2D eigenvalue weighted by Gasteiger charge is 2.61. The summed E-state index contributed by atoms with van der Waals surface area (Å²) in [6.45, 7) is 4.23. The van der Waals surface area contributed by atoms with Crippen molar-refractivity contribution in [1.29, 1.82) is 0 Å². The number of anilines is 1. The molecular weight excluding hydrogens is 636 g/mol. The predicted molar refractivity (Wildman–Crippen MR) is 191 cm³/mol. The van der Waals surface area contributed by atoms with E-state index < -0.39 is 0 Å². The molecule has 3 aliphatic carbocycles. The van der Waals surface area contributed by atoms with Crippen LogP contribution in [0.3, 0.4) is 0 Å². The van der Waals surface area contributed by atoms with Crippen LogP contribution in [0.1, 0.15) is 41.7 Å². The maximum absolute atomic E-state index is 14.1. The van der Waals surface area contributed by atoms with Crippen LogP contribution in [0.25, 0.3) is 33.6 Å². The number of rotatable bonds is 9. The molecule has 49 heavy (non-hydrogen) atoms. The van der Waals surface area contributed by atoms with Crippen molar-refractivity contribution < 1.29 is 9.53 Å². The number of methoxy groups -OCH3 is 1. The summed E-state index contributed by atoms with van der Waals surface area (Å²) < 4.78 is 10.8. The molecule has 10 nitrogen and oxygen atoms in total. The molecule has 5 aliphatic rings. The Balaban J connectivity index is 1.06. The molecule has 1 aromatic carbocycles. The summed E-state index contributed by atoms with van der Waals surface area (Å²) in [6.07, 6.45) is 10.2. The third kappa shape index (κ3) is 4.62. The molecule has 6 heterocycles. The normalized spacial score (nSPS) is 24.4. The van der Waals surface area contributed by atoms with E-state index >= 15 is 0 Å². The average molecular weight is 675 g/mol. The van der Waals surface area contributed by atoms with Crippen LogP contribution in [0.2, 0.25) is 5.02 Å². The Hall–Kier alpha value is -4.44. The number of imidazole rings is 1. The number of carbonyl (C=O) groups is 1. The van der Waals surface area contributed by atoms with E-state index in [-0.39, 0.29) is 5.91 Å². The topological polar surface area (TPSA) is 93.7 Å². The van der Waals surface area contributed by atoms with Crippen molar-refractivity contribution in [1.82, 2.24) is 29.0 Å². The first-order valence-corrected chi connectivity index (χ1v) is 18.0. The molecule has 2 saturated heterocycles. The first-order valence-electron chi connectivity index (χ1n) is 17.6. The van der Waals surface area contributed by atoms with Gasteiger partial charge in [0.15, 0.2) is 5.82 Å². The second-order valence-electron chi connectivity index (χ2n) is 14.9. The number of likely N-dealkylation sites (tertiary alicyclic amines) is 1. The highest BCUT2D eigenvalue weighted by atomic mass is 35.5. The summed E-state index contributed by atoms with van der Waals surface area (Å²) in [5, 5.41) is 1.72. The summed E-state index contributed by atoms with van der Waals surface area (Å²) >= 11 is 6.38. The number of amides is 1. The Labute approximate surface area is 289 Å². The van der Waals surface area contributed by atoms with Gasteiger partial charge < -0.3 is 23.7 Å². The predicted octanol–water partition coefficient (Wildman–Crippen LogP) is 6.19. The molecule has 250 valence electrons. The lowest BCUT2D eigenvalue weighted by atomic mass is 9.53. The number of nitrogens with zero attached hydrogens (tertiary/aromatic N) is 8. The molecule has 4 aromatic heterocycles. The molecule has 1 amide bonds. The van der Waals surface area contributed by atoms with Crippen LogP contribution in [-0.4, -0.2) is 80.9 Å². The molecule has 0 spiro atoms. The first kappa shape index (κ1) is 29.5. The van der Waals surface area contributed by atoms with Gasteiger partial charge in [0.1, 0.15) is 22.6 Å². The van der Waals surface area contributed by atoms with Gasteiger partial charge in [-0.3, -0.25) is 14.8 Å². The number of carbonyl (C=O) groups excluding carboxylic acids is 1. The maximum Gasteiger partial charge on any atom is 0.254 e. The molecule has 10 rings (SSSR count). The molecule has 2 aliphatic heterocycles. The molecule has 5 aromatic rings. The van der Waals surface area contributed by atoms with Gasteiger partial charge in [0, 0.05) is 81.3 Å². The van der Waals surface area contributed by atoms with Crippen molar-refractivity contribution >= 4 is 51.5 Å².